The molecule has 0 aromatic heterocycles. The zero-order valence-electron chi connectivity index (χ0n) is 14.8. The molecule has 1 rings (SSSR count). The van der Waals surface area contributed by atoms with Gasteiger partial charge in [0.1, 0.15) is 0 Å². The Hall–Kier alpha value is -0.850. The van der Waals surface area contributed by atoms with Crippen LogP contribution in [0.2, 0.25) is 0 Å². The van der Waals surface area contributed by atoms with Gasteiger partial charge in [0, 0.05) is 26.2 Å². The summed E-state index contributed by atoms with van der Waals surface area (Å²) in [5.41, 5.74) is 2.11. The monoisotopic (exact) mass is 329 g/mol. The van der Waals surface area contributed by atoms with Crippen LogP contribution in [-0.4, -0.2) is 54.0 Å². The minimum atomic E-state index is -0.224. The highest BCUT2D eigenvalue weighted by Crippen LogP contribution is 2.10. The first kappa shape index (κ1) is 20.2. The number of hydrogen-bond donors (Lipinski definition) is 2. The third-order valence-corrected chi connectivity index (χ3v) is 4.40. The molecule has 23 heavy (non-hydrogen) atoms. The Kier molecular flexibility index (Phi) is 11.9. The molecule has 0 bridgehead atoms. The van der Waals surface area contributed by atoms with E-state index in [4.69, 9.17) is 9.94 Å². The van der Waals surface area contributed by atoms with Crippen LogP contribution in [0.1, 0.15) is 71.1 Å². The van der Waals surface area contributed by atoms with E-state index in [9.17, 15) is 4.79 Å². The predicted molar refractivity (Wildman–Crippen MR) is 91.3 cm³/mol. The van der Waals surface area contributed by atoms with Crippen LogP contribution in [0.5, 0.6) is 0 Å². The minimum absolute atomic E-state index is 0.224. The Balaban J connectivity index is 1.86. The van der Waals surface area contributed by atoms with Crippen molar-refractivity contribution in [1.29, 1.82) is 0 Å². The summed E-state index contributed by atoms with van der Waals surface area (Å²) in [6.45, 7) is 5.18. The highest BCUT2D eigenvalue weighted by atomic mass is 16.6. The van der Waals surface area contributed by atoms with Crippen LogP contribution in [0.25, 0.3) is 0 Å². The average molecular weight is 329 g/mol. The number of carbonyl (C=O) groups is 1. The van der Waals surface area contributed by atoms with E-state index in [1.807, 2.05) is 0 Å². The van der Waals surface area contributed by atoms with Crippen LogP contribution in [-0.2, 0) is 4.74 Å². The number of rotatable bonds is 12. The third kappa shape index (κ3) is 9.79. The first-order chi connectivity index (χ1) is 11.3. The first-order valence-corrected chi connectivity index (χ1v) is 9.34. The van der Waals surface area contributed by atoms with E-state index in [-0.39, 0.29) is 6.09 Å². The molecule has 0 spiro atoms. The summed E-state index contributed by atoms with van der Waals surface area (Å²) in [7, 11) is 0. The van der Waals surface area contributed by atoms with Gasteiger partial charge >= 0.3 is 6.09 Å². The highest BCUT2D eigenvalue weighted by Gasteiger charge is 2.21. The Morgan fingerprint density at radius 3 is 1.96 bits per heavy atom. The molecule has 1 aliphatic heterocycles. The van der Waals surface area contributed by atoms with Gasteiger partial charge in [-0.15, -0.1) is 5.59 Å². The third-order valence-electron chi connectivity index (χ3n) is 4.40. The SMILES string of the molecule is CCCCCCCCCCCCOC(=O)N1CCN(NO)CC1. The van der Waals surface area contributed by atoms with Crippen molar-refractivity contribution < 1.29 is 14.7 Å². The number of nitrogens with zero attached hydrogens (tertiary/aromatic N) is 2. The fourth-order valence-electron chi connectivity index (χ4n) is 2.83. The first-order valence-electron chi connectivity index (χ1n) is 9.34. The molecule has 0 aromatic rings. The van der Waals surface area contributed by atoms with E-state index < -0.39 is 0 Å². The van der Waals surface area contributed by atoms with Crippen LogP contribution in [0.4, 0.5) is 4.79 Å². The topological polar surface area (TPSA) is 65.0 Å². The van der Waals surface area contributed by atoms with Gasteiger partial charge in [-0.25, -0.2) is 9.80 Å². The van der Waals surface area contributed by atoms with Gasteiger partial charge in [0.25, 0.3) is 0 Å². The van der Waals surface area contributed by atoms with Gasteiger partial charge in [-0.05, 0) is 6.42 Å². The number of piperazine rings is 1. The lowest BCUT2D eigenvalue weighted by Gasteiger charge is -2.32. The zero-order chi connectivity index (χ0) is 16.8. The molecule has 6 nitrogen and oxygen atoms in total. The summed E-state index contributed by atoms with van der Waals surface area (Å²) in [6.07, 6.45) is 12.6. The second kappa shape index (κ2) is 13.6. The van der Waals surface area contributed by atoms with Crippen LogP contribution >= 0.6 is 0 Å². The quantitative estimate of drug-likeness (QED) is 0.423. The van der Waals surface area contributed by atoms with Crippen LogP contribution in [0.15, 0.2) is 0 Å². The number of amides is 1. The van der Waals surface area contributed by atoms with E-state index in [1.165, 1.54) is 51.4 Å². The number of ether oxygens (including phenoxy) is 1. The van der Waals surface area contributed by atoms with Gasteiger partial charge in [0.05, 0.1) is 6.61 Å². The largest absolute Gasteiger partial charge is 0.449 e. The maximum atomic E-state index is 11.9. The number of unbranched alkanes of at least 4 members (excludes halogenated alkanes) is 9. The fourth-order valence-corrected chi connectivity index (χ4v) is 2.83. The molecule has 1 aliphatic rings. The molecule has 0 aliphatic carbocycles. The van der Waals surface area contributed by atoms with Gasteiger partial charge in [-0.1, -0.05) is 64.7 Å². The smallest absolute Gasteiger partial charge is 0.409 e. The van der Waals surface area contributed by atoms with Crippen molar-refractivity contribution in [2.45, 2.75) is 71.1 Å². The standard InChI is InChI=1S/C17H35N3O3/c1-2-3-4-5-6-7-8-9-10-11-16-23-17(21)19-12-14-20(18-22)15-13-19/h18,22H,2-16H2,1H3. The normalized spacial score (nSPS) is 15.8. The number of carbonyl (C=O) groups excluding carboxylic acids is 1. The maximum Gasteiger partial charge on any atom is 0.409 e. The van der Waals surface area contributed by atoms with E-state index in [0.717, 1.165) is 12.8 Å². The molecule has 2 N–H and O–H groups in total. The van der Waals surface area contributed by atoms with E-state index in [1.54, 1.807) is 9.91 Å². The summed E-state index contributed by atoms with van der Waals surface area (Å²) in [5.74, 6) is 0. The Bertz CT molecular complexity index is 295. The van der Waals surface area contributed by atoms with Crippen molar-refractivity contribution in [3.63, 3.8) is 0 Å². The lowest BCUT2D eigenvalue weighted by molar-refractivity contribution is -0.0449. The minimum Gasteiger partial charge on any atom is -0.449 e. The van der Waals surface area contributed by atoms with Gasteiger partial charge in [-0.3, -0.25) is 0 Å². The summed E-state index contributed by atoms with van der Waals surface area (Å²) >= 11 is 0. The second-order valence-corrected chi connectivity index (χ2v) is 6.37. The molecule has 1 heterocycles. The highest BCUT2D eigenvalue weighted by molar-refractivity contribution is 5.67. The molecular weight excluding hydrogens is 294 g/mol. The molecule has 0 atom stereocenters. The van der Waals surface area contributed by atoms with Gasteiger partial charge in [0.2, 0.25) is 0 Å². The second-order valence-electron chi connectivity index (χ2n) is 6.37. The Morgan fingerprint density at radius 2 is 1.43 bits per heavy atom. The van der Waals surface area contributed by atoms with Gasteiger partial charge in [0.15, 0.2) is 0 Å². The predicted octanol–water partition coefficient (Wildman–Crippen LogP) is 3.56. The molecule has 0 unspecified atom stereocenters. The van der Waals surface area contributed by atoms with E-state index >= 15 is 0 Å². The molecule has 6 heteroatoms. The molecular formula is C17H35N3O3. The van der Waals surface area contributed by atoms with Crippen LogP contribution in [0.3, 0.4) is 0 Å². The van der Waals surface area contributed by atoms with Crippen molar-refractivity contribution in [3.05, 3.63) is 0 Å². The van der Waals surface area contributed by atoms with Crippen molar-refractivity contribution >= 4 is 6.09 Å². The molecule has 136 valence electrons. The van der Waals surface area contributed by atoms with Crippen molar-refractivity contribution in [2.24, 2.45) is 0 Å². The molecule has 1 saturated heterocycles. The summed E-state index contributed by atoms with van der Waals surface area (Å²) in [6, 6.07) is 0. The Morgan fingerprint density at radius 1 is 0.913 bits per heavy atom. The van der Waals surface area contributed by atoms with E-state index in [2.05, 4.69) is 12.5 Å². The summed E-state index contributed by atoms with van der Waals surface area (Å²) < 4.78 is 5.31. The lowest BCUT2D eigenvalue weighted by atomic mass is 10.1. The molecule has 0 aromatic carbocycles. The van der Waals surface area contributed by atoms with Gasteiger partial charge < -0.3 is 14.8 Å². The molecule has 0 radical (unpaired) electrons. The van der Waals surface area contributed by atoms with Crippen molar-refractivity contribution in [3.8, 4) is 0 Å². The lowest BCUT2D eigenvalue weighted by Crippen LogP contribution is -2.52. The fraction of sp³-hybridized carbons (Fsp3) is 0.941. The number of hydrogen-bond acceptors (Lipinski definition) is 5. The maximum absolute atomic E-state index is 11.9. The van der Waals surface area contributed by atoms with Crippen LogP contribution < -0.4 is 5.59 Å². The Labute approximate surface area is 141 Å². The van der Waals surface area contributed by atoms with Crippen LogP contribution in [0, 0.1) is 0 Å². The number of hydrazine groups is 1. The average Bonchev–Trinajstić information content (AvgIpc) is 2.59. The molecule has 1 amide bonds. The van der Waals surface area contributed by atoms with E-state index in [0.29, 0.717) is 32.8 Å². The molecule has 0 saturated carbocycles. The summed E-state index contributed by atoms with van der Waals surface area (Å²) in [4.78, 5) is 13.6. The van der Waals surface area contributed by atoms with Crippen molar-refractivity contribution in [1.82, 2.24) is 15.5 Å². The zero-order valence-corrected chi connectivity index (χ0v) is 14.8. The van der Waals surface area contributed by atoms with Crippen molar-refractivity contribution in [2.75, 3.05) is 32.8 Å². The van der Waals surface area contributed by atoms with Gasteiger partial charge in [-0.2, -0.15) is 0 Å². The molecule has 1 fully saturated rings. The number of nitrogens with one attached hydrogen (secondary N) is 1. The summed E-state index contributed by atoms with van der Waals surface area (Å²) in [5, 5.41) is 10.4.